The Morgan fingerprint density at radius 2 is 1.11 bits per heavy atom. The van der Waals surface area contributed by atoms with Crippen molar-refractivity contribution in [1.29, 1.82) is 0 Å². The van der Waals surface area contributed by atoms with Gasteiger partial charge >= 0.3 is 0 Å². The van der Waals surface area contributed by atoms with Gasteiger partial charge in [-0.05, 0) is 78.9 Å². The lowest BCUT2D eigenvalue weighted by Crippen LogP contribution is -2.00. The maximum Gasteiger partial charge on any atom is 0.0971 e. The number of thiophene rings is 1. The van der Waals surface area contributed by atoms with Gasteiger partial charge in [-0.2, -0.15) is 0 Å². The van der Waals surface area contributed by atoms with Crippen LogP contribution in [0.2, 0.25) is 0 Å². The summed E-state index contributed by atoms with van der Waals surface area (Å²) < 4.78 is 4.82. The predicted molar refractivity (Wildman–Crippen MR) is 179 cm³/mol. The molecule has 0 aliphatic heterocycles. The quantitative estimate of drug-likeness (QED) is 0.207. The minimum absolute atomic E-state index is 0.777. The van der Waals surface area contributed by atoms with E-state index in [0.29, 0.717) is 0 Å². The van der Waals surface area contributed by atoms with Gasteiger partial charge in [0.1, 0.15) is 0 Å². The molecule has 0 amide bonds. The van der Waals surface area contributed by atoms with Crippen molar-refractivity contribution in [2.24, 2.45) is 0 Å². The molecule has 9 aromatic rings. The zero-order valence-electron chi connectivity index (χ0n) is 23.3. The molecule has 6 nitrogen and oxygen atoms in total. The Morgan fingerprint density at radius 1 is 0.477 bits per heavy atom. The summed E-state index contributed by atoms with van der Waals surface area (Å²) in [6.45, 7) is 0. The Balaban J connectivity index is 1.43. The second kappa shape index (κ2) is 9.90. The number of aromatic nitrogens is 6. The molecule has 0 fully saturated rings. The van der Waals surface area contributed by atoms with E-state index in [1.807, 2.05) is 65.9 Å². The molecule has 206 valence electrons. The van der Waals surface area contributed by atoms with E-state index in [1.165, 1.54) is 20.2 Å². The largest absolute Gasteiger partial charge is 0.307 e. The summed E-state index contributed by atoms with van der Waals surface area (Å²) in [6.07, 6.45) is 5.41. The standard InChI is InChI=1S/C37H22N6S/c1-2-13-33-24(9-1)35-34(44-33)17-14-25-36-32(16-15-29(42-36)26-10-3-6-18-38-26)43(37(25)35)23-21-30(27-11-4-7-19-39-27)41-31(22-23)28-12-5-8-20-40-28/h1-22H. The highest BCUT2D eigenvalue weighted by Crippen LogP contribution is 2.43. The smallest absolute Gasteiger partial charge is 0.0971 e. The Kier molecular flexibility index (Phi) is 5.57. The lowest BCUT2D eigenvalue weighted by molar-refractivity contribution is 1.14. The van der Waals surface area contributed by atoms with E-state index >= 15 is 0 Å². The molecule has 0 aliphatic carbocycles. The molecule has 2 aromatic carbocycles. The third-order valence-corrected chi connectivity index (χ3v) is 9.10. The topological polar surface area (TPSA) is 69.4 Å². The van der Waals surface area contributed by atoms with Crippen LogP contribution in [0.3, 0.4) is 0 Å². The molecule has 0 bridgehead atoms. The first-order chi connectivity index (χ1) is 21.8. The van der Waals surface area contributed by atoms with E-state index < -0.39 is 0 Å². The van der Waals surface area contributed by atoms with Crippen molar-refractivity contribution in [3.05, 3.63) is 134 Å². The van der Waals surface area contributed by atoms with Gasteiger partial charge in [0.05, 0.1) is 56.4 Å². The van der Waals surface area contributed by atoms with Crippen molar-refractivity contribution in [3.8, 4) is 39.9 Å². The average molecular weight is 583 g/mol. The van der Waals surface area contributed by atoms with Gasteiger partial charge in [0.25, 0.3) is 0 Å². The Morgan fingerprint density at radius 3 is 1.77 bits per heavy atom. The van der Waals surface area contributed by atoms with Crippen molar-refractivity contribution in [2.45, 2.75) is 0 Å². The molecule has 0 saturated heterocycles. The fraction of sp³-hybridized carbons (Fsp3) is 0. The molecule has 7 heteroatoms. The molecule has 0 aliphatic rings. The molecule has 0 atom stereocenters. The molecular formula is C37H22N6S. The molecule has 0 spiro atoms. The molecule has 7 heterocycles. The van der Waals surface area contributed by atoms with Gasteiger partial charge in [-0.15, -0.1) is 11.3 Å². The minimum Gasteiger partial charge on any atom is -0.307 e. The number of fused-ring (bicyclic) bond motifs is 7. The highest BCUT2D eigenvalue weighted by molar-refractivity contribution is 7.26. The van der Waals surface area contributed by atoms with Crippen LogP contribution in [0.15, 0.2) is 134 Å². The van der Waals surface area contributed by atoms with Gasteiger partial charge in [0.2, 0.25) is 0 Å². The summed E-state index contributed by atoms with van der Waals surface area (Å²) in [7, 11) is 0. The third kappa shape index (κ3) is 3.91. The van der Waals surface area contributed by atoms with Crippen LogP contribution in [0.5, 0.6) is 0 Å². The number of rotatable bonds is 4. The summed E-state index contributed by atoms with van der Waals surface area (Å²) in [6, 6.07) is 39.2. The van der Waals surface area contributed by atoms with Crippen molar-refractivity contribution in [1.82, 2.24) is 29.5 Å². The van der Waals surface area contributed by atoms with Gasteiger partial charge < -0.3 is 4.57 Å². The van der Waals surface area contributed by atoms with Crippen LogP contribution in [0.4, 0.5) is 0 Å². The first-order valence-corrected chi connectivity index (χ1v) is 15.2. The molecule has 9 rings (SSSR count). The van der Waals surface area contributed by atoms with Crippen molar-refractivity contribution >= 4 is 53.4 Å². The summed E-state index contributed by atoms with van der Waals surface area (Å²) in [4.78, 5) is 24.2. The van der Waals surface area contributed by atoms with E-state index in [0.717, 1.165) is 61.8 Å². The fourth-order valence-corrected chi connectivity index (χ4v) is 7.14. The summed E-state index contributed by atoms with van der Waals surface area (Å²) in [5, 5.41) is 3.54. The van der Waals surface area contributed by atoms with Crippen molar-refractivity contribution in [3.63, 3.8) is 0 Å². The first kappa shape index (κ1) is 24.8. The lowest BCUT2D eigenvalue weighted by atomic mass is 10.1. The molecule has 0 N–H and O–H groups in total. The number of hydrogen-bond acceptors (Lipinski definition) is 6. The zero-order chi connectivity index (χ0) is 29.0. The maximum atomic E-state index is 5.23. The van der Waals surface area contributed by atoms with E-state index in [-0.39, 0.29) is 0 Å². The number of pyridine rings is 5. The van der Waals surface area contributed by atoms with Crippen LogP contribution >= 0.6 is 11.3 Å². The Bertz CT molecular complexity index is 2430. The van der Waals surface area contributed by atoms with Crippen LogP contribution in [0.1, 0.15) is 0 Å². The first-order valence-electron chi connectivity index (χ1n) is 14.3. The van der Waals surface area contributed by atoms with Crippen LogP contribution in [-0.2, 0) is 0 Å². The average Bonchev–Trinajstić information content (AvgIpc) is 3.64. The van der Waals surface area contributed by atoms with E-state index in [2.05, 4.69) is 80.2 Å². The Hall–Kier alpha value is -5.79. The van der Waals surface area contributed by atoms with Gasteiger partial charge in [-0.3, -0.25) is 15.0 Å². The number of nitrogens with zero attached hydrogens (tertiary/aromatic N) is 6. The minimum atomic E-state index is 0.777. The fourth-order valence-electron chi connectivity index (χ4n) is 6.03. The predicted octanol–water partition coefficient (Wildman–Crippen LogP) is 9.13. The molecule has 0 saturated carbocycles. The molecule has 0 radical (unpaired) electrons. The van der Waals surface area contributed by atoms with Crippen LogP contribution in [-0.4, -0.2) is 29.5 Å². The highest BCUT2D eigenvalue weighted by Gasteiger charge is 2.21. The van der Waals surface area contributed by atoms with Crippen LogP contribution < -0.4 is 0 Å². The SMILES string of the molecule is c1ccc(-c2cc(-n3c4ccc(-c5ccccn5)nc4c4ccc5sc6ccccc6c5c43)cc(-c3ccccn3)n2)nc1. The van der Waals surface area contributed by atoms with Crippen molar-refractivity contribution in [2.75, 3.05) is 0 Å². The van der Waals surface area contributed by atoms with E-state index in [4.69, 9.17) is 9.97 Å². The van der Waals surface area contributed by atoms with E-state index in [9.17, 15) is 0 Å². The van der Waals surface area contributed by atoms with Crippen molar-refractivity contribution < 1.29 is 0 Å². The third-order valence-electron chi connectivity index (χ3n) is 7.96. The molecule has 0 unspecified atom stereocenters. The lowest BCUT2D eigenvalue weighted by Gasteiger charge is -2.13. The molecule has 44 heavy (non-hydrogen) atoms. The van der Waals surface area contributed by atoms with Gasteiger partial charge in [0.15, 0.2) is 0 Å². The normalized spacial score (nSPS) is 11.6. The molecule has 7 aromatic heterocycles. The highest BCUT2D eigenvalue weighted by atomic mass is 32.1. The van der Waals surface area contributed by atoms with E-state index in [1.54, 1.807) is 18.6 Å². The second-order valence-electron chi connectivity index (χ2n) is 10.6. The Labute approximate surface area is 256 Å². The molecular weight excluding hydrogens is 561 g/mol. The second-order valence-corrected chi connectivity index (χ2v) is 11.7. The summed E-state index contributed by atoms with van der Waals surface area (Å²) in [5.74, 6) is 0. The monoisotopic (exact) mass is 582 g/mol. The number of hydrogen-bond donors (Lipinski definition) is 0. The van der Waals surface area contributed by atoms with Crippen LogP contribution in [0.25, 0.3) is 82.0 Å². The zero-order valence-corrected chi connectivity index (χ0v) is 24.1. The van der Waals surface area contributed by atoms with Gasteiger partial charge in [-0.1, -0.05) is 36.4 Å². The summed E-state index contributed by atoms with van der Waals surface area (Å²) >= 11 is 1.81. The van der Waals surface area contributed by atoms with Gasteiger partial charge in [-0.25, -0.2) is 9.97 Å². The number of benzene rings is 2. The maximum absolute atomic E-state index is 5.23. The van der Waals surface area contributed by atoms with Crippen LogP contribution in [0, 0.1) is 0 Å². The van der Waals surface area contributed by atoms with Gasteiger partial charge in [0, 0.05) is 44.1 Å². The summed E-state index contributed by atoms with van der Waals surface area (Å²) in [5.41, 5.74) is 8.86.